The Morgan fingerprint density at radius 1 is 1.08 bits per heavy atom. The van der Waals surface area contributed by atoms with Gasteiger partial charge in [-0.05, 0) is 31.2 Å². The summed E-state index contributed by atoms with van der Waals surface area (Å²) < 4.78 is 5.33. The van der Waals surface area contributed by atoms with Gasteiger partial charge in [-0.3, -0.25) is 9.59 Å². The summed E-state index contributed by atoms with van der Waals surface area (Å²) in [6.07, 6.45) is 6.41. The molecular weight excluding hydrogens is 302 g/mol. The molecule has 2 atom stereocenters. The van der Waals surface area contributed by atoms with Crippen molar-refractivity contribution in [1.82, 2.24) is 5.32 Å². The van der Waals surface area contributed by atoms with Crippen LogP contribution in [0.2, 0.25) is 0 Å². The maximum absolute atomic E-state index is 12.2. The van der Waals surface area contributed by atoms with Crippen LogP contribution in [0.4, 0.5) is 0 Å². The molecule has 24 heavy (non-hydrogen) atoms. The SMILES string of the molecule is C[C@H](CC(=O)O[C@H](C)C(=O)NC1CCCCCC1)c1ccccc1. The number of rotatable bonds is 6. The van der Waals surface area contributed by atoms with Crippen LogP contribution in [0, 0.1) is 0 Å². The molecule has 4 heteroatoms. The quantitative estimate of drug-likeness (QED) is 0.634. The van der Waals surface area contributed by atoms with Crippen LogP contribution in [0.3, 0.4) is 0 Å². The maximum atomic E-state index is 12.2. The van der Waals surface area contributed by atoms with Gasteiger partial charge in [-0.25, -0.2) is 0 Å². The number of hydrogen-bond acceptors (Lipinski definition) is 3. The fourth-order valence-corrected chi connectivity index (χ4v) is 3.19. The van der Waals surface area contributed by atoms with E-state index >= 15 is 0 Å². The summed E-state index contributed by atoms with van der Waals surface area (Å²) in [6.45, 7) is 3.64. The molecule has 1 fully saturated rings. The summed E-state index contributed by atoms with van der Waals surface area (Å²) in [5.41, 5.74) is 1.10. The Kier molecular flexibility index (Phi) is 7.29. The minimum absolute atomic E-state index is 0.0795. The zero-order valence-electron chi connectivity index (χ0n) is 14.8. The van der Waals surface area contributed by atoms with Gasteiger partial charge in [0.15, 0.2) is 6.10 Å². The van der Waals surface area contributed by atoms with E-state index in [9.17, 15) is 9.59 Å². The van der Waals surface area contributed by atoms with E-state index in [1.165, 1.54) is 12.8 Å². The van der Waals surface area contributed by atoms with Crippen LogP contribution < -0.4 is 5.32 Å². The number of carbonyl (C=O) groups is 2. The average molecular weight is 331 g/mol. The lowest BCUT2D eigenvalue weighted by molar-refractivity contribution is -0.155. The van der Waals surface area contributed by atoms with Crippen molar-refractivity contribution in [3.63, 3.8) is 0 Å². The zero-order valence-corrected chi connectivity index (χ0v) is 14.8. The van der Waals surface area contributed by atoms with Crippen LogP contribution in [0.1, 0.15) is 70.3 Å². The number of esters is 1. The minimum Gasteiger partial charge on any atom is -0.453 e. The molecule has 1 aliphatic carbocycles. The van der Waals surface area contributed by atoms with E-state index < -0.39 is 6.10 Å². The number of nitrogens with one attached hydrogen (secondary N) is 1. The van der Waals surface area contributed by atoms with Crippen molar-refractivity contribution >= 4 is 11.9 Å². The largest absolute Gasteiger partial charge is 0.453 e. The van der Waals surface area contributed by atoms with Gasteiger partial charge < -0.3 is 10.1 Å². The van der Waals surface area contributed by atoms with Crippen molar-refractivity contribution in [2.24, 2.45) is 0 Å². The summed E-state index contributed by atoms with van der Waals surface area (Å²) in [7, 11) is 0. The second-order valence-electron chi connectivity index (χ2n) is 6.85. The first kappa shape index (κ1) is 18.5. The lowest BCUT2D eigenvalue weighted by Crippen LogP contribution is -2.41. The van der Waals surface area contributed by atoms with E-state index in [1.54, 1.807) is 6.92 Å². The molecule has 1 aromatic carbocycles. The smallest absolute Gasteiger partial charge is 0.307 e. The van der Waals surface area contributed by atoms with E-state index in [-0.39, 0.29) is 30.3 Å². The molecule has 0 aliphatic heterocycles. The predicted octanol–water partition coefficient (Wildman–Crippen LogP) is 3.95. The van der Waals surface area contributed by atoms with Crippen molar-refractivity contribution in [3.8, 4) is 0 Å². The molecule has 1 aliphatic rings. The molecule has 1 saturated carbocycles. The van der Waals surface area contributed by atoms with Gasteiger partial charge in [0.05, 0.1) is 6.42 Å². The Bertz CT molecular complexity index is 521. The summed E-state index contributed by atoms with van der Waals surface area (Å²) in [4.78, 5) is 24.3. The predicted molar refractivity (Wildman–Crippen MR) is 94.7 cm³/mol. The first-order chi connectivity index (χ1) is 11.6. The zero-order chi connectivity index (χ0) is 17.4. The molecule has 2 rings (SSSR count). The van der Waals surface area contributed by atoms with Crippen molar-refractivity contribution in [2.75, 3.05) is 0 Å². The van der Waals surface area contributed by atoms with Gasteiger partial charge in [-0.1, -0.05) is 62.9 Å². The Labute approximate surface area is 145 Å². The molecule has 4 nitrogen and oxygen atoms in total. The van der Waals surface area contributed by atoms with E-state index in [0.717, 1.165) is 31.2 Å². The maximum Gasteiger partial charge on any atom is 0.307 e. The third-order valence-corrected chi connectivity index (χ3v) is 4.72. The normalized spacial score (nSPS) is 18.2. The Morgan fingerprint density at radius 3 is 2.33 bits per heavy atom. The summed E-state index contributed by atoms with van der Waals surface area (Å²) in [6, 6.07) is 10.1. The lowest BCUT2D eigenvalue weighted by Gasteiger charge is -2.20. The lowest BCUT2D eigenvalue weighted by atomic mass is 9.98. The topological polar surface area (TPSA) is 55.4 Å². The van der Waals surface area contributed by atoms with Crippen LogP contribution in [0.5, 0.6) is 0 Å². The highest BCUT2D eigenvalue weighted by Crippen LogP contribution is 2.20. The van der Waals surface area contributed by atoms with Crippen molar-refractivity contribution < 1.29 is 14.3 Å². The van der Waals surface area contributed by atoms with Crippen LogP contribution in [0.25, 0.3) is 0 Å². The van der Waals surface area contributed by atoms with Crippen molar-refractivity contribution in [3.05, 3.63) is 35.9 Å². The molecule has 0 bridgehead atoms. The standard InChI is InChI=1S/C20H29NO3/c1-15(17-10-6-5-7-11-17)14-19(22)24-16(2)20(23)21-18-12-8-3-4-9-13-18/h5-7,10-11,15-16,18H,3-4,8-9,12-14H2,1-2H3,(H,21,23)/t15-,16-/m1/s1. The molecule has 1 amide bonds. The Balaban J connectivity index is 1.76. The van der Waals surface area contributed by atoms with Gasteiger partial charge in [0.1, 0.15) is 0 Å². The molecule has 1 aromatic rings. The van der Waals surface area contributed by atoms with Crippen LogP contribution in [0.15, 0.2) is 30.3 Å². The van der Waals surface area contributed by atoms with Gasteiger partial charge >= 0.3 is 5.97 Å². The molecule has 0 saturated heterocycles. The second kappa shape index (κ2) is 9.45. The Morgan fingerprint density at radius 2 is 1.71 bits per heavy atom. The van der Waals surface area contributed by atoms with Gasteiger partial charge in [0.2, 0.25) is 0 Å². The second-order valence-corrected chi connectivity index (χ2v) is 6.85. The van der Waals surface area contributed by atoms with Gasteiger partial charge in [-0.15, -0.1) is 0 Å². The number of hydrogen-bond donors (Lipinski definition) is 1. The van der Waals surface area contributed by atoms with Crippen molar-refractivity contribution in [1.29, 1.82) is 0 Å². The molecular formula is C20H29NO3. The molecule has 132 valence electrons. The van der Waals surface area contributed by atoms with Crippen LogP contribution in [-0.2, 0) is 14.3 Å². The van der Waals surface area contributed by atoms with E-state index in [4.69, 9.17) is 4.74 Å². The third-order valence-electron chi connectivity index (χ3n) is 4.72. The fourth-order valence-electron chi connectivity index (χ4n) is 3.19. The van der Waals surface area contributed by atoms with Gasteiger partial charge in [0, 0.05) is 6.04 Å². The highest BCUT2D eigenvalue weighted by atomic mass is 16.5. The first-order valence-corrected chi connectivity index (χ1v) is 9.11. The highest BCUT2D eigenvalue weighted by Gasteiger charge is 2.22. The molecule has 0 heterocycles. The average Bonchev–Trinajstić information content (AvgIpc) is 2.84. The molecule has 0 aromatic heterocycles. The minimum atomic E-state index is -0.733. The van der Waals surface area contributed by atoms with E-state index in [0.29, 0.717) is 0 Å². The van der Waals surface area contributed by atoms with E-state index in [1.807, 2.05) is 37.3 Å². The van der Waals surface area contributed by atoms with E-state index in [2.05, 4.69) is 5.32 Å². The van der Waals surface area contributed by atoms with Crippen LogP contribution in [-0.4, -0.2) is 24.0 Å². The molecule has 0 spiro atoms. The van der Waals surface area contributed by atoms with Crippen LogP contribution >= 0.6 is 0 Å². The highest BCUT2D eigenvalue weighted by molar-refractivity contribution is 5.83. The summed E-state index contributed by atoms with van der Waals surface area (Å²) in [5.74, 6) is -0.423. The summed E-state index contributed by atoms with van der Waals surface area (Å²) >= 11 is 0. The number of benzene rings is 1. The number of carbonyl (C=O) groups excluding carboxylic acids is 2. The van der Waals surface area contributed by atoms with Crippen molar-refractivity contribution in [2.45, 2.75) is 76.9 Å². The molecule has 1 N–H and O–H groups in total. The van der Waals surface area contributed by atoms with Gasteiger partial charge in [-0.2, -0.15) is 0 Å². The number of amides is 1. The summed E-state index contributed by atoms with van der Waals surface area (Å²) in [5, 5.41) is 3.03. The molecule has 0 radical (unpaired) electrons. The third kappa shape index (κ3) is 5.99. The number of ether oxygens (including phenoxy) is 1. The first-order valence-electron chi connectivity index (χ1n) is 9.11. The van der Waals surface area contributed by atoms with Gasteiger partial charge in [0.25, 0.3) is 5.91 Å². The Hall–Kier alpha value is -1.84. The fraction of sp³-hybridized carbons (Fsp3) is 0.600. The molecule has 0 unspecified atom stereocenters. The monoisotopic (exact) mass is 331 g/mol.